The molecule has 0 aliphatic heterocycles. The van der Waals surface area contributed by atoms with E-state index >= 15 is 0 Å². The van der Waals surface area contributed by atoms with E-state index in [0.717, 1.165) is 32.5 Å². The number of methoxy groups -OCH3 is 1. The molecule has 0 aromatic heterocycles. The lowest BCUT2D eigenvalue weighted by Gasteiger charge is -2.23. The zero-order chi connectivity index (χ0) is 16.1. The molecule has 2 aromatic rings. The lowest BCUT2D eigenvalue weighted by Crippen LogP contribution is -2.11. The number of ether oxygens (including phenoxy) is 2. The van der Waals surface area contributed by atoms with E-state index in [1.165, 1.54) is 27.5 Å². The molecule has 0 heterocycles. The minimum Gasteiger partial charge on any atom is -0.385 e. The Bertz CT molecular complexity index is 687. The van der Waals surface area contributed by atoms with Crippen LogP contribution in [0.25, 0.3) is 16.3 Å². The van der Waals surface area contributed by atoms with Crippen molar-refractivity contribution in [3.05, 3.63) is 53.6 Å². The Kier molecular flexibility index (Phi) is 5.47. The summed E-state index contributed by atoms with van der Waals surface area (Å²) in [5.74, 6) is 0.579. The summed E-state index contributed by atoms with van der Waals surface area (Å²) in [5.41, 5.74) is 4.17. The third-order valence-corrected chi connectivity index (χ3v) is 4.49. The van der Waals surface area contributed by atoms with Crippen molar-refractivity contribution in [3.63, 3.8) is 0 Å². The van der Waals surface area contributed by atoms with Gasteiger partial charge in [-0.15, -0.1) is 0 Å². The molecule has 122 valence electrons. The number of hydrogen-bond donors (Lipinski definition) is 0. The molecular weight excluding hydrogens is 284 g/mol. The van der Waals surface area contributed by atoms with Crippen LogP contribution in [0.5, 0.6) is 0 Å². The van der Waals surface area contributed by atoms with Crippen LogP contribution in [0.2, 0.25) is 0 Å². The van der Waals surface area contributed by atoms with Crippen LogP contribution < -0.4 is 0 Å². The first-order chi connectivity index (χ1) is 11.3. The molecule has 2 nitrogen and oxygen atoms in total. The zero-order valence-corrected chi connectivity index (χ0v) is 14.2. The molecule has 0 spiro atoms. The fraction of sp³-hybridized carbons (Fsp3) is 0.429. The van der Waals surface area contributed by atoms with E-state index in [4.69, 9.17) is 9.47 Å². The van der Waals surface area contributed by atoms with Gasteiger partial charge in [-0.1, -0.05) is 43.3 Å². The van der Waals surface area contributed by atoms with Gasteiger partial charge in [0, 0.05) is 20.3 Å². The first kappa shape index (κ1) is 16.2. The highest BCUT2D eigenvalue weighted by Crippen LogP contribution is 2.32. The summed E-state index contributed by atoms with van der Waals surface area (Å²) in [7, 11) is 1.75. The van der Waals surface area contributed by atoms with E-state index in [2.05, 4.69) is 49.4 Å². The van der Waals surface area contributed by atoms with E-state index in [1.54, 1.807) is 7.11 Å². The summed E-state index contributed by atoms with van der Waals surface area (Å²) >= 11 is 0. The molecule has 0 N–H and O–H groups in total. The highest BCUT2D eigenvalue weighted by molar-refractivity contribution is 5.88. The van der Waals surface area contributed by atoms with Gasteiger partial charge in [-0.25, -0.2) is 0 Å². The molecule has 0 saturated heterocycles. The molecule has 1 aliphatic carbocycles. The Labute approximate surface area is 139 Å². The molecule has 1 unspecified atom stereocenters. The lowest BCUT2D eigenvalue weighted by atomic mass is 9.84. The summed E-state index contributed by atoms with van der Waals surface area (Å²) in [4.78, 5) is 0. The quantitative estimate of drug-likeness (QED) is 0.680. The highest BCUT2D eigenvalue weighted by Gasteiger charge is 2.17. The van der Waals surface area contributed by atoms with Crippen molar-refractivity contribution >= 4 is 16.3 Å². The fourth-order valence-corrected chi connectivity index (χ4v) is 3.35. The average Bonchev–Trinajstić information content (AvgIpc) is 2.56. The third kappa shape index (κ3) is 4.01. The maximum atomic E-state index is 5.91. The van der Waals surface area contributed by atoms with Gasteiger partial charge in [0.2, 0.25) is 0 Å². The van der Waals surface area contributed by atoms with Crippen molar-refractivity contribution < 1.29 is 9.47 Å². The average molecular weight is 310 g/mol. The number of fused-ring (bicyclic) bond motifs is 2. The second kappa shape index (κ2) is 7.76. The van der Waals surface area contributed by atoms with Crippen molar-refractivity contribution in [2.45, 2.75) is 26.2 Å². The topological polar surface area (TPSA) is 18.5 Å². The molecule has 1 aliphatic rings. The third-order valence-electron chi connectivity index (χ3n) is 4.49. The van der Waals surface area contributed by atoms with E-state index in [-0.39, 0.29) is 0 Å². The van der Waals surface area contributed by atoms with Gasteiger partial charge in [0.1, 0.15) is 0 Å². The zero-order valence-electron chi connectivity index (χ0n) is 14.2. The maximum Gasteiger partial charge on any atom is 0.0719 e. The second-order valence-corrected chi connectivity index (χ2v) is 6.48. The van der Waals surface area contributed by atoms with Crippen LogP contribution in [0.4, 0.5) is 0 Å². The number of allylic oxidation sites excluding steroid dienone is 1. The molecule has 0 bridgehead atoms. The number of benzene rings is 2. The van der Waals surface area contributed by atoms with Crippen molar-refractivity contribution in [2.75, 3.05) is 26.9 Å². The normalized spacial score (nSPS) is 17.1. The molecule has 0 amide bonds. The summed E-state index contributed by atoms with van der Waals surface area (Å²) in [6.45, 7) is 4.62. The number of unbranched alkanes of at least 4 members (excludes halogenated alkanes) is 1. The van der Waals surface area contributed by atoms with Gasteiger partial charge in [-0.05, 0) is 58.7 Å². The van der Waals surface area contributed by atoms with Gasteiger partial charge in [0.15, 0.2) is 0 Å². The van der Waals surface area contributed by atoms with Crippen molar-refractivity contribution in [3.8, 4) is 0 Å². The minimum atomic E-state index is 0.579. The summed E-state index contributed by atoms with van der Waals surface area (Å²) in [5, 5.41) is 2.65. The molecule has 2 heteroatoms. The maximum absolute atomic E-state index is 5.91. The highest BCUT2D eigenvalue weighted by atomic mass is 16.5. The SMILES string of the molecule is COCCCCOCC1=CC(C)Cc2cc3ccccc3cc21. The van der Waals surface area contributed by atoms with Crippen molar-refractivity contribution in [1.82, 2.24) is 0 Å². The molecule has 0 fully saturated rings. The van der Waals surface area contributed by atoms with E-state index in [9.17, 15) is 0 Å². The van der Waals surface area contributed by atoms with Crippen LogP contribution in [0, 0.1) is 5.92 Å². The Morgan fingerprint density at radius 2 is 1.78 bits per heavy atom. The van der Waals surface area contributed by atoms with Crippen LogP contribution in [0.15, 0.2) is 42.5 Å². The van der Waals surface area contributed by atoms with E-state index in [1.807, 2.05) is 0 Å². The smallest absolute Gasteiger partial charge is 0.0719 e. The number of hydrogen-bond acceptors (Lipinski definition) is 2. The Hall–Kier alpha value is -1.64. The van der Waals surface area contributed by atoms with Crippen LogP contribution in [0.3, 0.4) is 0 Å². The summed E-state index contributed by atoms with van der Waals surface area (Å²) in [6.07, 6.45) is 5.62. The predicted octanol–water partition coefficient (Wildman–Crippen LogP) is 4.86. The van der Waals surface area contributed by atoms with Crippen LogP contribution in [-0.2, 0) is 15.9 Å². The molecule has 0 radical (unpaired) electrons. The van der Waals surface area contributed by atoms with Gasteiger partial charge >= 0.3 is 0 Å². The summed E-state index contributed by atoms with van der Waals surface area (Å²) in [6, 6.07) is 13.3. The Balaban J connectivity index is 1.72. The molecular formula is C21H26O2. The Morgan fingerprint density at radius 1 is 1.04 bits per heavy atom. The molecule has 2 aromatic carbocycles. The van der Waals surface area contributed by atoms with Crippen molar-refractivity contribution in [1.29, 1.82) is 0 Å². The van der Waals surface area contributed by atoms with Gasteiger partial charge in [0.05, 0.1) is 6.61 Å². The molecule has 3 rings (SSSR count). The standard InChI is InChI=1S/C21H26O2/c1-16-11-19-13-17-7-3-4-8-18(17)14-21(19)20(12-16)15-23-10-6-5-9-22-2/h3-4,7-8,12-14,16H,5-6,9-11,15H2,1-2H3. The van der Waals surface area contributed by atoms with Crippen LogP contribution in [0.1, 0.15) is 30.9 Å². The first-order valence-electron chi connectivity index (χ1n) is 8.57. The molecule has 1 atom stereocenters. The molecule has 23 heavy (non-hydrogen) atoms. The number of rotatable bonds is 7. The van der Waals surface area contributed by atoms with Crippen molar-refractivity contribution in [2.24, 2.45) is 5.92 Å². The minimum absolute atomic E-state index is 0.579. The van der Waals surface area contributed by atoms with E-state index in [0.29, 0.717) is 12.5 Å². The van der Waals surface area contributed by atoms with Gasteiger partial charge in [-0.2, -0.15) is 0 Å². The molecule has 0 saturated carbocycles. The van der Waals surface area contributed by atoms with Crippen LogP contribution >= 0.6 is 0 Å². The predicted molar refractivity (Wildman–Crippen MR) is 96.7 cm³/mol. The van der Waals surface area contributed by atoms with Gasteiger partial charge < -0.3 is 9.47 Å². The van der Waals surface area contributed by atoms with Gasteiger partial charge in [0.25, 0.3) is 0 Å². The van der Waals surface area contributed by atoms with Crippen LogP contribution in [-0.4, -0.2) is 26.9 Å². The largest absolute Gasteiger partial charge is 0.385 e. The summed E-state index contributed by atoms with van der Waals surface area (Å²) < 4.78 is 11.0. The fourth-order valence-electron chi connectivity index (χ4n) is 3.35. The monoisotopic (exact) mass is 310 g/mol. The van der Waals surface area contributed by atoms with E-state index < -0.39 is 0 Å². The van der Waals surface area contributed by atoms with Gasteiger partial charge in [-0.3, -0.25) is 0 Å². The Morgan fingerprint density at radius 3 is 2.57 bits per heavy atom. The lowest BCUT2D eigenvalue weighted by molar-refractivity contribution is 0.142. The first-order valence-corrected chi connectivity index (χ1v) is 8.57. The second-order valence-electron chi connectivity index (χ2n) is 6.48.